The van der Waals surface area contributed by atoms with Crippen LogP contribution in [0.3, 0.4) is 0 Å². The molecule has 1 atom stereocenters. The molecule has 1 unspecified atom stereocenters. The molecule has 2 aromatic rings. The lowest BCUT2D eigenvalue weighted by Crippen LogP contribution is -2.18. The molecule has 2 aromatic carbocycles. The van der Waals surface area contributed by atoms with E-state index in [1.54, 1.807) is 19.2 Å². The molecule has 0 aliphatic rings. The maximum absolute atomic E-state index is 13.3. The van der Waals surface area contributed by atoms with Crippen LogP contribution in [0.15, 0.2) is 48.5 Å². The van der Waals surface area contributed by atoms with Crippen molar-refractivity contribution in [3.63, 3.8) is 0 Å². The minimum absolute atomic E-state index is 0.183. The number of hydrogen-bond donors (Lipinski definition) is 1. The van der Waals surface area contributed by atoms with Crippen LogP contribution in [0.1, 0.15) is 22.7 Å². The van der Waals surface area contributed by atoms with Gasteiger partial charge in [0.15, 0.2) is 0 Å². The first-order valence-corrected chi connectivity index (χ1v) is 7.22. The standard InChI is InChI=1S/C18H22FNO/c1-20-18(13-15-4-3-5-17(19)12-15)16-8-6-14(7-9-16)10-11-21-2/h3-9,12,18,20H,10-11,13H2,1-2H3. The van der Waals surface area contributed by atoms with Crippen LogP contribution in [0, 0.1) is 5.82 Å². The Balaban J connectivity index is 2.06. The molecular weight excluding hydrogens is 265 g/mol. The number of halogens is 1. The van der Waals surface area contributed by atoms with E-state index in [0.29, 0.717) is 0 Å². The SMILES string of the molecule is CNC(Cc1cccc(F)c1)c1ccc(CCOC)cc1. The monoisotopic (exact) mass is 287 g/mol. The van der Waals surface area contributed by atoms with Gasteiger partial charge in [-0.05, 0) is 48.7 Å². The van der Waals surface area contributed by atoms with Crippen molar-refractivity contribution in [1.29, 1.82) is 0 Å². The number of likely N-dealkylation sites (N-methyl/N-ethyl adjacent to an activating group) is 1. The summed E-state index contributed by atoms with van der Waals surface area (Å²) < 4.78 is 18.3. The van der Waals surface area contributed by atoms with Gasteiger partial charge in [0.2, 0.25) is 0 Å². The van der Waals surface area contributed by atoms with E-state index in [9.17, 15) is 4.39 Å². The first kappa shape index (κ1) is 15.7. The topological polar surface area (TPSA) is 21.3 Å². The Morgan fingerprint density at radius 3 is 2.48 bits per heavy atom. The predicted octanol–water partition coefficient (Wildman–Crippen LogP) is 3.52. The highest BCUT2D eigenvalue weighted by atomic mass is 19.1. The fourth-order valence-electron chi connectivity index (χ4n) is 2.42. The normalized spacial score (nSPS) is 12.3. The van der Waals surface area contributed by atoms with Crippen LogP contribution < -0.4 is 5.32 Å². The summed E-state index contributed by atoms with van der Waals surface area (Å²) in [4.78, 5) is 0. The zero-order valence-corrected chi connectivity index (χ0v) is 12.6. The first-order valence-electron chi connectivity index (χ1n) is 7.22. The molecule has 21 heavy (non-hydrogen) atoms. The van der Waals surface area contributed by atoms with E-state index in [1.807, 2.05) is 13.1 Å². The third-order valence-electron chi connectivity index (χ3n) is 3.65. The number of methoxy groups -OCH3 is 1. The van der Waals surface area contributed by atoms with Crippen molar-refractivity contribution < 1.29 is 9.13 Å². The molecule has 0 amide bonds. The molecule has 0 heterocycles. The van der Waals surface area contributed by atoms with E-state index in [4.69, 9.17) is 4.74 Å². The van der Waals surface area contributed by atoms with Gasteiger partial charge in [0, 0.05) is 13.2 Å². The van der Waals surface area contributed by atoms with Gasteiger partial charge in [-0.15, -0.1) is 0 Å². The smallest absolute Gasteiger partial charge is 0.123 e. The Morgan fingerprint density at radius 1 is 1.10 bits per heavy atom. The number of benzene rings is 2. The van der Waals surface area contributed by atoms with Gasteiger partial charge >= 0.3 is 0 Å². The molecule has 0 fully saturated rings. The van der Waals surface area contributed by atoms with Crippen LogP contribution in [0.4, 0.5) is 4.39 Å². The summed E-state index contributed by atoms with van der Waals surface area (Å²) in [6.45, 7) is 0.734. The summed E-state index contributed by atoms with van der Waals surface area (Å²) in [7, 11) is 3.65. The molecule has 2 rings (SSSR count). The van der Waals surface area contributed by atoms with Crippen molar-refractivity contribution in [1.82, 2.24) is 5.32 Å². The number of hydrogen-bond acceptors (Lipinski definition) is 2. The van der Waals surface area contributed by atoms with Crippen molar-refractivity contribution in [3.8, 4) is 0 Å². The van der Waals surface area contributed by atoms with Gasteiger partial charge in [-0.1, -0.05) is 36.4 Å². The largest absolute Gasteiger partial charge is 0.384 e. The van der Waals surface area contributed by atoms with Crippen LogP contribution in [0.25, 0.3) is 0 Å². The predicted molar refractivity (Wildman–Crippen MR) is 83.9 cm³/mol. The summed E-state index contributed by atoms with van der Waals surface area (Å²) in [5.41, 5.74) is 3.47. The lowest BCUT2D eigenvalue weighted by Gasteiger charge is -2.17. The highest BCUT2D eigenvalue weighted by Crippen LogP contribution is 2.19. The van der Waals surface area contributed by atoms with Crippen LogP contribution in [0.2, 0.25) is 0 Å². The number of rotatable bonds is 7. The minimum Gasteiger partial charge on any atom is -0.384 e. The maximum Gasteiger partial charge on any atom is 0.123 e. The summed E-state index contributed by atoms with van der Waals surface area (Å²) in [5.74, 6) is -0.183. The molecule has 1 N–H and O–H groups in total. The minimum atomic E-state index is -0.183. The molecule has 0 aliphatic carbocycles. The molecule has 3 heteroatoms. The van der Waals surface area contributed by atoms with E-state index in [0.717, 1.165) is 25.0 Å². The lowest BCUT2D eigenvalue weighted by molar-refractivity contribution is 0.202. The zero-order chi connectivity index (χ0) is 15.1. The Labute approximate surface area is 126 Å². The van der Waals surface area contributed by atoms with Crippen molar-refractivity contribution in [2.45, 2.75) is 18.9 Å². The van der Waals surface area contributed by atoms with Crippen molar-refractivity contribution in [2.24, 2.45) is 0 Å². The first-order chi connectivity index (χ1) is 10.2. The molecule has 0 saturated heterocycles. The molecular formula is C18H22FNO. The van der Waals surface area contributed by atoms with Crippen LogP contribution in [-0.2, 0) is 17.6 Å². The van der Waals surface area contributed by atoms with Crippen LogP contribution >= 0.6 is 0 Å². The average Bonchev–Trinajstić information content (AvgIpc) is 2.51. The van der Waals surface area contributed by atoms with Gasteiger partial charge in [-0.25, -0.2) is 4.39 Å². The Kier molecular flexibility index (Phi) is 5.90. The highest BCUT2D eigenvalue weighted by molar-refractivity contribution is 5.27. The molecule has 0 aliphatic heterocycles. The van der Waals surface area contributed by atoms with Crippen molar-refractivity contribution in [2.75, 3.05) is 20.8 Å². The van der Waals surface area contributed by atoms with Crippen molar-refractivity contribution >= 4 is 0 Å². The van der Waals surface area contributed by atoms with Crippen LogP contribution in [0.5, 0.6) is 0 Å². The second kappa shape index (κ2) is 7.91. The second-order valence-corrected chi connectivity index (χ2v) is 5.16. The van der Waals surface area contributed by atoms with E-state index in [2.05, 4.69) is 29.6 Å². The van der Waals surface area contributed by atoms with E-state index in [-0.39, 0.29) is 11.9 Å². The van der Waals surface area contributed by atoms with E-state index >= 15 is 0 Å². The van der Waals surface area contributed by atoms with E-state index < -0.39 is 0 Å². The molecule has 0 saturated carbocycles. The molecule has 112 valence electrons. The van der Waals surface area contributed by atoms with Crippen LogP contribution in [-0.4, -0.2) is 20.8 Å². The quantitative estimate of drug-likeness (QED) is 0.841. The summed E-state index contributed by atoms with van der Waals surface area (Å²) in [6, 6.07) is 15.5. The maximum atomic E-state index is 13.3. The third kappa shape index (κ3) is 4.66. The average molecular weight is 287 g/mol. The van der Waals surface area contributed by atoms with Gasteiger partial charge in [0.05, 0.1) is 6.61 Å². The Bertz CT molecular complexity index is 553. The number of nitrogens with one attached hydrogen (secondary N) is 1. The Morgan fingerprint density at radius 2 is 1.86 bits per heavy atom. The van der Waals surface area contributed by atoms with Gasteiger partial charge < -0.3 is 10.1 Å². The zero-order valence-electron chi connectivity index (χ0n) is 12.6. The summed E-state index contributed by atoms with van der Waals surface area (Å²) >= 11 is 0. The van der Waals surface area contributed by atoms with Gasteiger partial charge in [-0.3, -0.25) is 0 Å². The number of ether oxygens (including phenoxy) is 1. The molecule has 2 nitrogen and oxygen atoms in total. The molecule has 0 bridgehead atoms. The fourth-order valence-corrected chi connectivity index (χ4v) is 2.42. The van der Waals surface area contributed by atoms with Crippen molar-refractivity contribution in [3.05, 3.63) is 71.0 Å². The summed E-state index contributed by atoms with van der Waals surface area (Å²) in [6.07, 6.45) is 1.69. The van der Waals surface area contributed by atoms with Gasteiger partial charge in [0.1, 0.15) is 5.82 Å². The molecule has 0 spiro atoms. The highest BCUT2D eigenvalue weighted by Gasteiger charge is 2.10. The molecule has 0 aromatic heterocycles. The molecule has 0 radical (unpaired) electrons. The van der Waals surface area contributed by atoms with E-state index in [1.165, 1.54) is 17.2 Å². The second-order valence-electron chi connectivity index (χ2n) is 5.16. The Hall–Kier alpha value is -1.71. The van der Waals surface area contributed by atoms with Gasteiger partial charge in [-0.2, -0.15) is 0 Å². The lowest BCUT2D eigenvalue weighted by atomic mass is 9.97. The fraction of sp³-hybridized carbons (Fsp3) is 0.333. The third-order valence-corrected chi connectivity index (χ3v) is 3.65. The van der Waals surface area contributed by atoms with Gasteiger partial charge in [0.25, 0.3) is 0 Å². The summed E-state index contributed by atoms with van der Waals surface area (Å²) in [5, 5.41) is 3.30.